The van der Waals surface area contributed by atoms with E-state index in [4.69, 9.17) is 21.9 Å². The van der Waals surface area contributed by atoms with Gasteiger partial charge in [-0.3, -0.25) is 9.59 Å². The van der Waals surface area contributed by atoms with Gasteiger partial charge in [-0.15, -0.1) is 12.4 Å². The Balaban J connectivity index is 0.000000603. The van der Waals surface area contributed by atoms with Gasteiger partial charge >= 0.3 is 6.09 Å². The van der Waals surface area contributed by atoms with E-state index < -0.39 is 23.5 Å². The Morgan fingerprint density at radius 1 is 0.833 bits per heavy atom. The van der Waals surface area contributed by atoms with E-state index in [1.54, 1.807) is 69.3 Å². The smallest absolute Gasteiger partial charge is 0.407 e. The molecule has 0 bridgehead atoms. The summed E-state index contributed by atoms with van der Waals surface area (Å²) >= 11 is 0. The molecule has 0 unspecified atom stereocenters. The van der Waals surface area contributed by atoms with E-state index in [1.807, 2.05) is 0 Å². The average molecular weight is 437 g/mol. The molecule has 0 saturated heterocycles. The number of alkyl carbamates (subject to hydrolysis) is 1. The molecule has 0 spiro atoms. The van der Waals surface area contributed by atoms with Crippen LogP contribution in [0.1, 0.15) is 52.6 Å². The maximum Gasteiger partial charge on any atom is 0.407 e. The molecular weight excluding hydrogens is 408 g/mol. The van der Waals surface area contributed by atoms with Gasteiger partial charge in [0.15, 0.2) is 0 Å². The van der Waals surface area contributed by atoms with Crippen molar-refractivity contribution in [2.75, 3.05) is 0 Å². The number of halogens is 1. The van der Waals surface area contributed by atoms with Crippen LogP contribution in [0.5, 0.6) is 0 Å². The number of hydrogen-bond donors (Lipinski definition) is 4. The first kappa shape index (κ1) is 26.9. The lowest BCUT2D eigenvalue weighted by Crippen LogP contribution is -2.32. The second kappa shape index (κ2) is 12.5. The van der Waals surface area contributed by atoms with Gasteiger partial charge < -0.3 is 27.3 Å². The van der Waals surface area contributed by atoms with E-state index in [1.165, 1.54) is 0 Å². The largest absolute Gasteiger partial charge is 0.444 e. The number of rotatable bonds is 5. The zero-order valence-corrected chi connectivity index (χ0v) is 18.1. The first-order valence-electron chi connectivity index (χ1n) is 8.96. The summed E-state index contributed by atoms with van der Waals surface area (Å²) in [6.07, 6.45) is -0.471. The SMILES string of the molecule is CC(C)(C)OC(=O)NCc1ccc(C(N)=O)cc1.Cl.NCc1ccc(C(N)=O)cc1. The van der Waals surface area contributed by atoms with Crippen LogP contribution in [0.2, 0.25) is 0 Å². The van der Waals surface area contributed by atoms with E-state index in [0.717, 1.165) is 11.1 Å². The van der Waals surface area contributed by atoms with Crippen molar-refractivity contribution in [2.45, 2.75) is 39.5 Å². The third-order valence-corrected chi connectivity index (χ3v) is 3.55. The van der Waals surface area contributed by atoms with Crippen molar-refractivity contribution in [1.29, 1.82) is 0 Å². The fourth-order valence-electron chi connectivity index (χ4n) is 2.08. The fourth-order valence-corrected chi connectivity index (χ4v) is 2.08. The summed E-state index contributed by atoms with van der Waals surface area (Å²) in [4.78, 5) is 32.9. The van der Waals surface area contributed by atoms with Crippen LogP contribution in [0.25, 0.3) is 0 Å². The molecule has 0 saturated carbocycles. The van der Waals surface area contributed by atoms with Crippen LogP contribution in [-0.4, -0.2) is 23.5 Å². The highest BCUT2D eigenvalue weighted by molar-refractivity contribution is 5.93. The number of carbonyl (C=O) groups excluding carboxylic acids is 3. The molecule has 30 heavy (non-hydrogen) atoms. The molecule has 8 nitrogen and oxygen atoms in total. The molecule has 2 aromatic carbocycles. The van der Waals surface area contributed by atoms with E-state index >= 15 is 0 Å². The molecule has 2 rings (SSSR count). The van der Waals surface area contributed by atoms with Gasteiger partial charge in [-0.2, -0.15) is 0 Å². The Morgan fingerprint density at radius 2 is 1.23 bits per heavy atom. The molecule has 0 aliphatic rings. The quantitative estimate of drug-likeness (QED) is 0.567. The van der Waals surface area contributed by atoms with Gasteiger partial charge in [-0.05, 0) is 56.2 Å². The van der Waals surface area contributed by atoms with Gasteiger partial charge in [-0.25, -0.2) is 4.79 Å². The number of amides is 3. The molecule has 0 atom stereocenters. The van der Waals surface area contributed by atoms with Crippen LogP contribution in [0, 0.1) is 0 Å². The molecule has 0 aliphatic carbocycles. The minimum atomic E-state index is -0.514. The van der Waals surface area contributed by atoms with Crippen molar-refractivity contribution in [3.05, 3.63) is 70.8 Å². The highest BCUT2D eigenvalue weighted by Gasteiger charge is 2.15. The summed E-state index contributed by atoms with van der Waals surface area (Å²) in [6, 6.07) is 13.6. The number of nitrogens with one attached hydrogen (secondary N) is 1. The van der Waals surface area contributed by atoms with Crippen molar-refractivity contribution >= 4 is 30.3 Å². The first-order valence-corrected chi connectivity index (χ1v) is 8.96. The summed E-state index contributed by atoms with van der Waals surface area (Å²) < 4.78 is 5.10. The molecular formula is C21H29ClN4O4. The Labute approximate surface area is 182 Å². The molecule has 0 aromatic heterocycles. The lowest BCUT2D eigenvalue weighted by Gasteiger charge is -2.19. The standard InChI is InChI=1S/C13H18N2O3.C8H10N2O.ClH/c1-13(2,3)18-12(17)15-8-9-4-6-10(7-5-9)11(14)16;9-5-6-1-3-7(4-2-6)8(10)11;/h4-7H,8H2,1-3H3,(H2,14,16)(H,15,17);1-4H,5,9H2,(H2,10,11);1H. The minimum absolute atomic E-state index is 0. The van der Waals surface area contributed by atoms with Crippen molar-refractivity contribution in [3.63, 3.8) is 0 Å². The Hall–Kier alpha value is -3.10. The number of carbonyl (C=O) groups is 3. The summed E-state index contributed by atoms with van der Waals surface area (Å²) in [6.45, 7) is 6.23. The van der Waals surface area contributed by atoms with Crippen LogP contribution in [0.15, 0.2) is 48.5 Å². The molecule has 3 amide bonds. The number of hydrogen-bond acceptors (Lipinski definition) is 5. The number of nitrogens with two attached hydrogens (primary N) is 3. The predicted molar refractivity (Wildman–Crippen MR) is 118 cm³/mol. The van der Waals surface area contributed by atoms with E-state index in [9.17, 15) is 14.4 Å². The van der Waals surface area contributed by atoms with Gasteiger partial charge in [0.1, 0.15) is 5.60 Å². The van der Waals surface area contributed by atoms with Crippen LogP contribution in [0.4, 0.5) is 4.79 Å². The van der Waals surface area contributed by atoms with E-state index in [-0.39, 0.29) is 12.4 Å². The highest BCUT2D eigenvalue weighted by Crippen LogP contribution is 2.08. The average Bonchev–Trinajstić information content (AvgIpc) is 2.66. The number of benzene rings is 2. The molecule has 0 heterocycles. The third-order valence-electron chi connectivity index (χ3n) is 3.55. The van der Waals surface area contributed by atoms with Crippen LogP contribution in [0.3, 0.4) is 0 Å². The normalized spacial score (nSPS) is 10.0. The lowest BCUT2D eigenvalue weighted by molar-refractivity contribution is 0.0523. The summed E-state index contributed by atoms with van der Waals surface area (Å²) in [5, 5.41) is 2.63. The summed E-state index contributed by atoms with van der Waals surface area (Å²) in [5.74, 6) is -0.879. The highest BCUT2D eigenvalue weighted by atomic mass is 35.5. The van der Waals surface area contributed by atoms with Crippen LogP contribution >= 0.6 is 12.4 Å². The van der Waals surface area contributed by atoms with Crippen molar-refractivity contribution < 1.29 is 19.1 Å². The van der Waals surface area contributed by atoms with E-state index in [0.29, 0.717) is 24.2 Å². The Kier molecular flexibility index (Phi) is 11.2. The molecule has 2 aromatic rings. The molecule has 9 heteroatoms. The monoisotopic (exact) mass is 436 g/mol. The second-order valence-corrected chi connectivity index (χ2v) is 7.18. The maximum atomic E-state index is 11.4. The molecule has 0 fully saturated rings. The first-order chi connectivity index (χ1) is 13.5. The maximum absolute atomic E-state index is 11.4. The number of ether oxygens (including phenoxy) is 1. The molecule has 0 aliphatic heterocycles. The lowest BCUT2D eigenvalue weighted by atomic mass is 10.1. The van der Waals surface area contributed by atoms with Crippen LogP contribution in [-0.2, 0) is 17.8 Å². The van der Waals surface area contributed by atoms with Crippen molar-refractivity contribution in [2.24, 2.45) is 17.2 Å². The van der Waals surface area contributed by atoms with Gasteiger partial charge in [0, 0.05) is 24.2 Å². The molecule has 0 radical (unpaired) electrons. The topological polar surface area (TPSA) is 151 Å². The Bertz CT molecular complexity index is 832. The van der Waals surface area contributed by atoms with E-state index in [2.05, 4.69) is 5.32 Å². The second-order valence-electron chi connectivity index (χ2n) is 7.18. The van der Waals surface area contributed by atoms with Gasteiger partial charge in [-0.1, -0.05) is 24.3 Å². The van der Waals surface area contributed by atoms with Crippen LogP contribution < -0.4 is 22.5 Å². The zero-order chi connectivity index (χ0) is 22.0. The Morgan fingerprint density at radius 3 is 1.57 bits per heavy atom. The summed E-state index contributed by atoms with van der Waals surface area (Å²) in [5.41, 5.74) is 17.8. The fraction of sp³-hybridized carbons (Fsp3) is 0.286. The molecule has 7 N–H and O–H groups in total. The minimum Gasteiger partial charge on any atom is -0.444 e. The van der Waals surface area contributed by atoms with Gasteiger partial charge in [0.2, 0.25) is 11.8 Å². The van der Waals surface area contributed by atoms with Crippen molar-refractivity contribution in [1.82, 2.24) is 5.32 Å². The van der Waals surface area contributed by atoms with Gasteiger partial charge in [0.05, 0.1) is 0 Å². The molecule has 164 valence electrons. The third kappa shape index (κ3) is 10.4. The number of primary amides is 2. The predicted octanol–water partition coefficient (Wildman–Crippen LogP) is 2.48. The zero-order valence-electron chi connectivity index (χ0n) is 17.3. The summed E-state index contributed by atoms with van der Waals surface area (Å²) in [7, 11) is 0. The van der Waals surface area contributed by atoms with Gasteiger partial charge in [0.25, 0.3) is 0 Å². The van der Waals surface area contributed by atoms with Crippen molar-refractivity contribution in [3.8, 4) is 0 Å².